The Hall–Kier alpha value is 0.170. The van der Waals surface area contributed by atoms with Gasteiger partial charge in [-0.2, -0.15) is 0 Å². The summed E-state index contributed by atoms with van der Waals surface area (Å²) in [6, 6.07) is 0. The van der Waals surface area contributed by atoms with Crippen LogP contribution >= 0.6 is 23.5 Å². The SMILES string of the molecule is O=P(O)(O)OCCO[C@H]1O[C@@H](CO)[C@@H](OP(=O)(O)O)[C@H](OP(=O)(O)O)[C@@H]1O. The zero-order valence-electron chi connectivity index (χ0n) is 13.2. The van der Waals surface area contributed by atoms with E-state index in [1.54, 1.807) is 0 Å². The third-order valence-electron chi connectivity index (χ3n) is 2.94. The van der Waals surface area contributed by atoms with E-state index in [2.05, 4.69) is 13.6 Å². The maximum atomic E-state index is 11.1. The summed E-state index contributed by atoms with van der Waals surface area (Å²) in [7, 11) is -15.4. The summed E-state index contributed by atoms with van der Waals surface area (Å²) < 4.78 is 55.3. The standard InChI is InChI=1S/C8H19O16P3/c9-3-4-6(23-26(14,15)16)7(24-27(17,18)19)5(10)8(22-4)20-1-2-21-25(11,12)13/h4-10H,1-3H2,(H2,11,12,13)(H2,14,15,16)(H2,17,18,19)/t4-,5-,6+,7+,8-/m0/s1. The predicted octanol–water partition coefficient (Wildman–Crippen LogP) is -2.85. The van der Waals surface area contributed by atoms with Crippen molar-refractivity contribution in [3.05, 3.63) is 0 Å². The van der Waals surface area contributed by atoms with E-state index in [0.29, 0.717) is 0 Å². The van der Waals surface area contributed by atoms with Crippen molar-refractivity contribution in [3.63, 3.8) is 0 Å². The average Bonchev–Trinajstić information content (AvgIpc) is 2.45. The molecule has 0 amide bonds. The largest absolute Gasteiger partial charge is 0.470 e. The Kier molecular flexibility index (Phi) is 9.13. The maximum absolute atomic E-state index is 11.1. The van der Waals surface area contributed by atoms with Gasteiger partial charge in [0.1, 0.15) is 24.4 Å². The van der Waals surface area contributed by atoms with E-state index >= 15 is 0 Å². The molecule has 0 aromatic rings. The van der Waals surface area contributed by atoms with Gasteiger partial charge in [-0.05, 0) is 0 Å². The van der Waals surface area contributed by atoms with Crippen LogP contribution in [0.15, 0.2) is 0 Å². The molecule has 0 spiro atoms. The Morgan fingerprint density at radius 2 is 1.33 bits per heavy atom. The van der Waals surface area contributed by atoms with Gasteiger partial charge < -0.3 is 49.0 Å². The number of aliphatic hydroxyl groups is 2. The van der Waals surface area contributed by atoms with Gasteiger partial charge in [0, 0.05) is 0 Å². The Morgan fingerprint density at radius 3 is 1.78 bits per heavy atom. The first kappa shape index (κ1) is 25.2. The van der Waals surface area contributed by atoms with Crippen molar-refractivity contribution in [2.24, 2.45) is 0 Å². The monoisotopic (exact) mass is 464 g/mol. The Morgan fingerprint density at radius 1 is 0.815 bits per heavy atom. The Bertz CT molecular complexity index is 607. The van der Waals surface area contributed by atoms with Crippen LogP contribution in [0.5, 0.6) is 0 Å². The van der Waals surface area contributed by atoms with Gasteiger partial charge in [-0.3, -0.25) is 13.6 Å². The highest BCUT2D eigenvalue weighted by Gasteiger charge is 2.51. The van der Waals surface area contributed by atoms with Gasteiger partial charge in [0.2, 0.25) is 0 Å². The first-order chi connectivity index (χ1) is 12.1. The molecule has 8 N–H and O–H groups in total. The lowest BCUT2D eigenvalue weighted by Crippen LogP contribution is -2.60. The number of rotatable bonds is 10. The minimum absolute atomic E-state index is 0.586. The molecule has 16 nitrogen and oxygen atoms in total. The number of phosphoric ester groups is 3. The zero-order valence-corrected chi connectivity index (χ0v) is 15.9. The third kappa shape index (κ3) is 9.47. The van der Waals surface area contributed by atoms with Crippen LogP contribution < -0.4 is 0 Å². The lowest BCUT2D eigenvalue weighted by Gasteiger charge is -2.43. The fourth-order valence-electron chi connectivity index (χ4n) is 2.06. The second-order valence-electron chi connectivity index (χ2n) is 5.03. The normalized spacial score (nSPS) is 30.4. The van der Waals surface area contributed by atoms with Gasteiger partial charge >= 0.3 is 23.5 Å². The molecule has 162 valence electrons. The van der Waals surface area contributed by atoms with Crippen LogP contribution in [0.4, 0.5) is 0 Å². The van der Waals surface area contributed by atoms with Gasteiger partial charge in [0.15, 0.2) is 6.29 Å². The van der Waals surface area contributed by atoms with Crippen molar-refractivity contribution in [2.75, 3.05) is 19.8 Å². The van der Waals surface area contributed by atoms with Crippen LogP contribution in [0.25, 0.3) is 0 Å². The number of hydrogen-bond donors (Lipinski definition) is 8. The maximum Gasteiger partial charge on any atom is 0.470 e. The van der Waals surface area contributed by atoms with E-state index in [4.69, 9.17) is 38.8 Å². The molecule has 1 fully saturated rings. The molecule has 0 aromatic heterocycles. The topological polar surface area (TPSA) is 259 Å². The number of phosphoric acid groups is 3. The summed E-state index contributed by atoms with van der Waals surface area (Å²) >= 11 is 0. The van der Waals surface area contributed by atoms with Crippen LogP contribution in [-0.4, -0.2) is 90.1 Å². The van der Waals surface area contributed by atoms with Crippen LogP contribution in [0.3, 0.4) is 0 Å². The molecule has 1 rings (SSSR count). The second kappa shape index (κ2) is 9.78. The summed E-state index contributed by atoms with van der Waals surface area (Å²) in [5, 5.41) is 19.4. The van der Waals surface area contributed by atoms with Crippen LogP contribution in [0, 0.1) is 0 Å². The molecular formula is C8H19O16P3. The molecule has 0 aliphatic carbocycles. The zero-order chi connectivity index (χ0) is 21.0. The van der Waals surface area contributed by atoms with E-state index in [1.165, 1.54) is 0 Å². The Labute approximate surface area is 151 Å². The minimum atomic E-state index is -5.31. The predicted molar refractivity (Wildman–Crippen MR) is 79.5 cm³/mol. The molecule has 19 heteroatoms. The lowest BCUT2D eigenvalue weighted by molar-refractivity contribution is -0.296. The van der Waals surface area contributed by atoms with Crippen LogP contribution in [-0.2, 0) is 36.7 Å². The van der Waals surface area contributed by atoms with Gasteiger partial charge in [0.05, 0.1) is 19.8 Å². The first-order valence-corrected chi connectivity index (χ1v) is 11.5. The van der Waals surface area contributed by atoms with E-state index < -0.39 is 74.0 Å². The van der Waals surface area contributed by atoms with E-state index in [9.17, 15) is 23.9 Å². The second-order valence-corrected chi connectivity index (χ2v) is 8.66. The number of aliphatic hydroxyl groups excluding tert-OH is 2. The number of ether oxygens (including phenoxy) is 2. The fraction of sp³-hybridized carbons (Fsp3) is 1.00. The van der Waals surface area contributed by atoms with Crippen molar-refractivity contribution in [1.82, 2.24) is 0 Å². The molecule has 5 atom stereocenters. The summed E-state index contributed by atoms with van der Waals surface area (Å²) in [6.07, 6.45) is -9.66. The molecule has 0 saturated carbocycles. The van der Waals surface area contributed by atoms with Crippen molar-refractivity contribution >= 4 is 23.5 Å². The molecule has 1 heterocycles. The van der Waals surface area contributed by atoms with Crippen LogP contribution in [0.2, 0.25) is 0 Å². The fourth-order valence-corrected chi connectivity index (χ4v) is 3.51. The first-order valence-electron chi connectivity index (χ1n) is 6.87. The van der Waals surface area contributed by atoms with Crippen LogP contribution in [0.1, 0.15) is 0 Å². The minimum Gasteiger partial charge on any atom is -0.394 e. The molecule has 1 aliphatic rings. The molecule has 0 unspecified atom stereocenters. The number of hydrogen-bond acceptors (Lipinski definition) is 10. The van der Waals surface area contributed by atoms with Crippen molar-refractivity contribution < 1.29 is 76.3 Å². The summed E-state index contributed by atoms with van der Waals surface area (Å²) in [5.41, 5.74) is 0. The molecule has 1 aliphatic heterocycles. The van der Waals surface area contributed by atoms with E-state index in [1.807, 2.05) is 0 Å². The van der Waals surface area contributed by atoms with E-state index in [0.717, 1.165) is 0 Å². The highest BCUT2D eigenvalue weighted by Crippen LogP contribution is 2.46. The molecule has 0 radical (unpaired) electrons. The smallest absolute Gasteiger partial charge is 0.394 e. The molecule has 0 bridgehead atoms. The highest BCUT2D eigenvalue weighted by molar-refractivity contribution is 7.46. The van der Waals surface area contributed by atoms with Crippen molar-refractivity contribution in [3.8, 4) is 0 Å². The summed E-state index contributed by atoms with van der Waals surface area (Å²) in [4.78, 5) is 52.7. The quantitative estimate of drug-likeness (QED) is 0.119. The van der Waals surface area contributed by atoms with E-state index in [-0.39, 0.29) is 0 Å². The summed E-state index contributed by atoms with van der Waals surface area (Å²) in [6.45, 7) is -2.25. The summed E-state index contributed by atoms with van der Waals surface area (Å²) in [5.74, 6) is 0. The van der Waals surface area contributed by atoms with Gasteiger partial charge in [-0.15, -0.1) is 0 Å². The van der Waals surface area contributed by atoms with Gasteiger partial charge in [-0.25, -0.2) is 13.7 Å². The molecule has 1 saturated heterocycles. The average molecular weight is 464 g/mol. The van der Waals surface area contributed by atoms with Gasteiger partial charge in [-0.1, -0.05) is 0 Å². The highest BCUT2D eigenvalue weighted by atomic mass is 31.2. The molecule has 27 heavy (non-hydrogen) atoms. The molecule has 0 aromatic carbocycles. The Balaban J connectivity index is 2.93. The lowest BCUT2D eigenvalue weighted by atomic mass is 9.99. The third-order valence-corrected chi connectivity index (χ3v) is 4.49. The van der Waals surface area contributed by atoms with Crippen molar-refractivity contribution in [1.29, 1.82) is 0 Å². The van der Waals surface area contributed by atoms with Crippen molar-refractivity contribution in [2.45, 2.75) is 30.7 Å². The molecular weight excluding hydrogens is 445 g/mol. The van der Waals surface area contributed by atoms with Gasteiger partial charge in [0.25, 0.3) is 0 Å².